The van der Waals surface area contributed by atoms with Crippen LogP contribution in [0.4, 0.5) is 0 Å². The lowest BCUT2D eigenvalue weighted by Gasteiger charge is -2.25. The maximum atomic E-state index is 6.20. The van der Waals surface area contributed by atoms with Crippen molar-refractivity contribution in [2.45, 2.75) is 59.9 Å². The first kappa shape index (κ1) is 14.7. The molecule has 0 spiro atoms. The van der Waals surface area contributed by atoms with Gasteiger partial charge in [-0.1, -0.05) is 27.7 Å². The van der Waals surface area contributed by atoms with Crippen LogP contribution in [0.25, 0.3) is 0 Å². The number of rotatable bonds is 5. The van der Waals surface area contributed by atoms with Gasteiger partial charge >= 0.3 is 0 Å². The summed E-state index contributed by atoms with van der Waals surface area (Å²) in [7, 11) is 0. The van der Waals surface area contributed by atoms with Crippen molar-refractivity contribution < 1.29 is 0 Å². The summed E-state index contributed by atoms with van der Waals surface area (Å²) in [5.41, 5.74) is 7.75. The highest BCUT2D eigenvalue weighted by Crippen LogP contribution is 2.26. The fourth-order valence-corrected chi connectivity index (χ4v) is 3.12. The highest BCUT2D eigenvalue weighted by molar-refractivity contribution is 7.09. The van der Waals surface area contributed by atoms with Gasteiger partial charge in [0.15, 0.2) is 0 Å². The summed E-state index contributed by atoms with van der Waals surface area (Å²) in [4.78, 5) is 4.47. The van der Waals surface area contributed by atoms with E-state index in [0.717, 1.165) is 23.5 Å². The van der Waals surface area contributed by atoms with Crippen LogP contribution in [-0.2, 0) is 6.42 Å². The van der Waals surface area contributed by atoms with E-state index in [1.807, 2.05) is 6.92 Å². The molecule has 1 heterocycles. The summed E-state index contributed by atoms with van der Waals surface area (Å²) in [6, 6.07) is 0.244. The molecule has 3 heteroatoms. The smallest absolute Gasteiger partial charge is 0.0897 e. The summed E-state index contributed by atoms with van der Waals surface area (Å²) in [6.45, 7) is 11.2. The second-order valence-corrected chi connectivity index (χ2v) is 7.49. The first-order valence-electron chi connectivity index (χ1n) is 6.43. The van der Waals surface area contributed by atoms with Gasteiger partial charge in [0.25, 0.3) is 0 Å². The fraction of sp³-hybridized carbons (Fsp3) is 0.786. The minimum atomic E-state index is 0.244. The lowest BCUT2D eigenvalue weighted by atomic mass is 9.82. The molecule has 0 aromatic carbocycles. The molecule has 0 aliphatic heterocycles. The summed E-state index contributed by atoms with van der Waals surface area (Å²) in [5.74, 6) is 0.685. The van der Waals surface area contributed by atoms with E-state index in [9.17, 15) is 0 Å². The lowest BCUT2D eigenvalue weighted by Crippen LogP contribution is -2.27. The highest BCUT2D eigenvalue weighted by atomic mass is 32.1. The van der Waals surface area contributed by atoms with Crippen molar-refractivity contribution in [1.82, 2.24) is 4.98 Å². The number of hydrogen-bond donors (Lipinski definition) is 1. The van der Waals surface area contributed by atoms with Crippen molar-refractivity contribution in [3.63, 3.8) is 0 Å². The number of nitrogens with two attached hydrogens (primary N) is 1. The van der Waals surface area contributed by atoms with Gasteiger partial charge in [-0.05, 0) is 31.1 Å². The van der Waals surface area contributed by atoms with Gasteiger partial charge in [0.05, 0.1) is 10.7 Å². The molecule has 2 N–H and O–H groups in total. The van der Waals surface area contributed by atoms with E-state index in [2.05, 4.69) is 38.1 Å². The molecule has 0 aliphatic rings. The number of nitrogens with zero attached hydrogens (tertiary/aromatic N) is 1. The number of hydrogen-bond acceptors (Lipinski definition) is 3. The van der Waals surface area contributed by atoms with Crippen molar-refractivity contribution in [2.24, 2.45) is 17.1 Å². The Morgan fingerprint density at radius 3 is 2.53 bits per heavy atom. The molecule has 1 aromatic rings. The normalized spacial score (nSPS) is 15.9. The average molecular weight is 254 g/mol. The Labute approximate surface area is 110 Å². The van der Waals surface area contributed by atoms with Crippen molar-refractivity contribution in [3.8, 4) is 0 Å². The summed E-state index contributed by atoms with van der Waals surface area (Å²) in [5, 5.41) is 3.26. The van der Waals surface area contributed by atoms with E-state index < -0.39 is 0 Å². The largest absolute Gasteiger partial charge is 0.327 e. The van der Waals surface area contributed by atoms with Crippen molar-refractivity contribution in [3.05, 3.63) is 16.1 Å². The maximum absolute atomic E-state index is 6.20. The van der Waals surface area contributed by atoms with Crippen LogP contribution in [0.5, 0.6) is 0 Å². The van der Waals surface area contributed by atoms with Gasteiger partial charge in [-0.2, -0.15) is 0 Å². The molecule has 0 fully saturated rings. The van der Waals surface area contributed by atoms with Gasteiger partial charge in [0, 0.05) is 17.8 Å². The van der Waals surface area contributed by atoms with Gasteiger partial charge in [0.2, 0.25) is 0 Å². The van der Waals surface area contributed by atoms with Gasteiger partial charge in [-0.15, -0.1) is 11.3 Å². The van der Waals surface area contributed by atoms with Gasteiger partial charge in [0.1, 0.15) is 0 Å². The molecule has 1 rings (SSSR count). The second-order valence-electron chi connectivity index (χ2n) is 6.43. The first-order valence-corrected chi connectivity index (χ1v) is 7.31. The minimum Gasteiger partial charge on any atom is -0.327 e. The Morgan fingerprint density at radius 1 is 1.41 bits per heavy atom. The van der Waals surface area contributed by atoms with Crippen LogP contribution in [-0.4, -0.2) is 11.0 Å². The molecular formula is C14H26N2S. The van der Waals surface area contributed by atoms with E-state index in [-0.39, 0.29) is 6.04 Å². The average Bonchev–Trinajstić information content (AvgIpc) is 2.46. The van der Waals surface area contributed by atoms with Crippen LogP contribution in [0.15, 0.2) is 5.38 Å². The minimum absolute atomic E-state index is 0.244. The highest BCUT2D eigenvalue weighted by Gasteiger charge is 2.18. The Bertz CT molecular complexity index is 338. The Kier molecular flexibility index (Phi) is 5.14. The molecule has 1 aromatic heterocycles. The number of thiazole rings is 1. The van der Waals surface area contributed by atoms with Crippen LogP contribution >= 0.6 is 11.3 Å². The van der Waals surface area contributed by atoms with E-state index in [0.29, 0.717) is 11.3 Å². The molecule has 17 heavy (non-hydrogen) atoms. The Hall–Kier alpha value is -0.410. The molecule has 0 bridgehead atoms. The number of aryl methyl sites for hydroxylation is 1. The standard InChI is InChI=1S/C14H26N2S/c1-10(8-14(3,4)5)6-12(15)7-13-9-17-11(2)16-13/h9-10,12H,6-8,15H2,1-5H3. The molecular weight excluding hydrogens is 228 g/mol. The predicted molar refractivity (Wildman–Crippen MR) is 76.4 cm³/mol. The molecule has 0 radical (unpaired) electrons. The summed E-state index contributed by atoms with van der Waals surface area (Å²) >= 11 is 1.71. The van der Waals surface area contributed by atoms with Crippen molar-refractivity contribution >= 4 is 11.3 Å². The molecule has 2 unspecified atom stereocenters. The topological polar surface area (TPSA) is 38.9 Å². The zero-order valence-corrected chi connectivity index (χ0v) is 12.6. The van der Waals surface area contributed by atoms with Gasteiger partial charge < -0.3 is 5.73 Å². The third-order valence-corrected chi connectivity index (χ3v) is 3.63. The lowest BCUT2D eigenvalue weighted by molar-refractivity contribution is 0.285. The van der Waals surface area contributed by atoms with Gasteiger partial charge in [-0.25, -0.2) is 4.98 Å². The molecule has 2 atom stereocenters. The summed E-state index contributed by atoms with van der Waals surface area (Å²) in [6.07, 6.45) is 3.24. The van der Waals surface area contributed by atoms with Crippen LogP contribution < -0.4 is 5.73 Å². The molecule has 0 amide bonds. The molecule has 0 saturated carbocycles. The third kappa shape index (κ3) is 6.18. The zero-order chi connectivity index (χ0) is 13.1. The SMILES string of the molecule is Cc1nc(CC(N)CC(C)CC(C)(C)C)cs1. The van der Waals surface area contributed by atoms with E-state index in [4.69, 9.17) is 5.73 Å². The first-order chi connectivity index (χ1) is 7.76. The quantitative estimate of drug-likeness (QED) is 0.868. The van der Waals surface area contributed by atoms with E-state index >= 15 is 0 Å². The molecule has 0 aliphatic carbocycles. The second kappa shape index (κ2) is 5.96. The molecule has 2 nitrogen and oxygen atoms in total. The van der Waals surface area contributed by atoms with Crippen molar-refractivity contribution in [2.75, 3.05) is 0 Å². The fourth-order valence-electron chi connectivity index (χ4n) is 2.50. The third-order valence-electron chi connectivity index (χ3n) is 2.80. The zero-order valence-electron chi connectivity index (χ0n) is 11.8. The monoisotopic (exact) mass is 254 g/mol. The Balaban J connectivity index is 2.36. The Morgan fingerprint density at radius 2 is 2.06 bits per heavy atom. The van der Waals surface area contributed by atoms with E-state index in [1.165, 1.54) is 6.42 Å². The van der Waals surface area contributed by atoms with Crippen LogP contribution in [0.3, 0.4) is 0 Å². The molecule has 0 saturated heterocycles. The number of aromatic nitrogens is 1. The predicted octanol–water partition coefficient (Wildman–Crippen LogP) is 3.78. The van der Waals surface area contributed by atoms with Crippen molar-refractivity contribution in [1.29, 1.82) is 0 Å². The maximum Gasteiger partial charge on any atom is 0.0897 e. The summed E-state index contributed by atoms with van der Waals surface area (Å²) < 4.78 is 0. The van der Waals surface area contributed by atoms with Crippen LogP contribution in [0, 0.1) is 18.3 Å². The van der Waals surface area contributed by atoms with Crippen LogP contribution in [0.2, 0.25) is 0 Å². The van der Waals surface area contributed by atoms with E-state index in [1.54, 1.807) is 11.3 Å². The molecule has 98 valence electrons. The van der Waals surface area contributed by atoms with Crippen LogP contribution in [0.1, 0.15) is 51.2 Å². The van der Waals surface area contributed by atoms with Gasteiger partial charge in [-0.3, -0.25) is 0 Å².